The fraction of sp³-hybridized carbons (Fsp3) is 0.133. The predicted octanol–water partition coefficient (Wildman–Crippen LogP) is 7.24. The van der Waals surface area contributed by atoms with Gasteiger partial charge in [-0.15, -0.1) is 0 Å². The second-order valence-corrected chi connectivity index (χ2v) is 10.6. The maximum absolute atomic E-state index is 13.3. The lowest BCUT2D eigenvalue weighted by atomic mass is 10.1. The summed E-state index contributed by atoms with van der Waals surface area (Å²) in [6.07, 6.45) is 3.49. The summed E-state index contributed by atoms with van der Waals surface area (Å²) in [5.41, 5.74) is 0.718. The Hall–Kier alpha value is -5.37. The molecule has 0 spiro atoms. The van der Waals surface area contributed by atoms with Crippen molar-refractivity contribution in [1.82, 2.24) is 19.9 Å². The van der Waals surface area contributed by atoms with Crippen LogP contribution in [0.15, 0.2) is 85.6 Å². The molecule has 1 aromatic carbocycles. The molecule has 0 saturated carbocycles. The smallest absolute Gasteiger partial charge is 0.417 e. The van der Waals surface area contributed by atoms with Crippen molar-refractivity contribution in [3.05, 3.63) is 91.1 Å². The number of rotatable bonds is 7. The normalized spacial score (nSPS) is 13.2. The summed E-state index contributed by atoms with van der Waals surface area (Å²) in [4.78, 5) is 43.8. The van der Waals surface area contributed by atoms with Gasteiger partial charge in [0, 0.05) is 49.4 Å². The topological polar surface area (TPSA) is 122 Å². The molecule has 1 aliphatic heterocycles. The number of hydrogen-bond donors (Lipinski definition) is 2. The number of nitrogens with one attached hydrogen (secondary N) is 2. The first-order valence-electron chi connectivity index (χ1n) is 13.3. The minimum absolute atomic E-state index is 0.0900. The molecule has 0 aliphatic carbocycles. The first-order chi connectivity index (χ1) is 21.2. The molecule has 5 heterocycles. The summed E-state index contributed by atoms with van der Waals surface area (Å²) in [6.45, 7) is 0.686. The van der Waals surface area contributed by atoms with Gasteiger partial charge in [-0.3, -0.25) is 19.7 Å². The van der Waals surface area contributed by atoms with Crippen molar-refractivity contribution in [2.45, 2.75) is 19.0 Å². The molecule has 10 nitrogen and oxygen atoms in total. The van der Waals surface area contributed by atoms with Gasteiger partial charge < -0.3 is 15.4 Å². The van der Waals surface area contributed by atoms with Crippen LogP contribution in [-0.4, -0.2) is 38.4 Å². The van der Waals surface area contributed by atoms with Crippen LogP contribution in [0.4, 0.5) is 34.5 Å². The molecule has 5 aromatic rings. The van der Waals surface area contributed by atoms with Gasteiger partial charge in [0.1, 0.15) is 5.75 Å². The Morgan fingerprint density at radius 1 is 0.909 bits per heavy atom. The van der Waals surface area contributed by atoms with Gasteiger partial charge >= 0.3 is 12.2 Å². The van der Waals surface area contributed by atoms with Crippen molar-refractivity contribution >= 4 is 39.8 Å². The van der Waals surface area contributed by atoms with Gasteiger partial charge in [-0.2, -0.15) is 13.2 Å². The molecular formula is C30H22F3N7O3S. The maximum atomic E-state index is 13.3. The number of nitrogens with zero attached hydrogens (tertiary/aromatic N) is 5. The minimum Gasteiger partial charge on any atom is -0.439 e. The van der Waals surface area contributed by atoms with Gasteiger partial charge in [-0.1, -0.05) is 11.3 Å². The molecule has 44 heavy (non-hydrogen) atoms. The van der Waals surface area contributed by atoms with Crippen LogP contribution in [0.25, 0.3) is 21.7 Å². The standard InChI is InChI=1S/C30H22F3N7O3S/c31-30(32,33)20-14-23(27(36-15-20)19-9-11-34-12-10-19)39-28(42)38-21-5-8-25(35-16-21)43-22-6-3-18(4-7-22)24-17-37-29(44-24)40-13-1-2-26(40)41/h3-12,14-17H,1-2,13H2,(H2,38,39,42). The lowest BCUT2D eigenvalue weighted by Crippen LogP contribution is -2.23. The fourth-order valence-corrected chi connectivity index (χ4v) is 5.40. The number of thiazole rings is 1. The number of halogens is 3. The van der Waals surface area contributed by atoms with Crippen molar-refractivity contribution in [1.29, 1.82) is 0 Å². The highest BCUT2D eigenvalue weighted by molar-refractivity contribution is 7.19. The first-order valence-corrected chi connectivity index (χ1v) is 14.1. The summed E-state index contributed by atoms with van der Waals surface area (Å²) < 4.78 is 45.8. The van der Waals surface area contributed by atoms with Crippen molar-refractivity contribution in [2.24, 2.45) is 0 Å². The Labute approximate surface area is 252 Å². The van der Waals surface area contributed by atoms with E-state index in [1.54, 1.807) is 47.5 Å². The van der Waals surface area contributed by atoms with Gasteiger partial charge in [0.25, 0.3) is 0 Å². The highest BCUT2D eigenvalue weighted by atomic mass is 32.1. The molecule has 1 fully saturated rings. The van der Waals surface area contributed by atoms with E-state index in [-0.39, 0.29) is 28.9 Å². The number of hydrogen-bond acceptors (Lipinski definition) is 8. The fourth-order valence-electron chi connectivity index (χ4n) is 4.44. The number of ether oxygens (including phenoxy) is 1. The van der Waals surface area contributed by atoms with Gasteiger partial charge in [0.05, 0.1) is 33.7 Å². The summed E-state index contributed by atoms with van der Waals surface area (Å²) in [5, 5.41) is 5.69. The van der Waals surface area contributed by atoms with Crippen molar-refractivity contribution in [3.8, 4) is 33.3 Å². The average molecular weight is 618 g/mol. The predicted molar refractivity (Wildman–Crippen MR) is 159 cm³/mol. The minimum atomic E-state index is -4.64. The molecular weight excluding hydrogens is 595 g/mol. The number of urea groups is 1. The monoisotopic (exact) mass is 617 g/mol. The van der Waals surface area contributed by atoms with E-state index in [4.69, 9.17) is 4.74 Å². The third-order valence-electron chi connectivity index (χ3n) is 6.57. The summed E-state index contributed by atoms with van der Waals surface area (Å²) in [5.74, 6) is 0.880. The number of amides is 3. The molecule has 1 aliphatic rings. The lowest BCUT2D eigenvalue weighted by Gasteiger charge is -2.14. The van der Waals surface area contributed by atoms with Crippen molar-refractivity contribution in [3.63, 3.8) is 0 Å². The quantitative estimate of drug-likeness (QED) is 0.197. The molecule has 6 rings (SSSR count). The van der Waals surface area contributed by atoms with E-state index in [9.17, 15) is 22.8 Å². The molecule has 222 valence electrons. The Morgan fingerprint density at radius 3 is 2.39 bits per heavy atom. The van der Waals surface area contributed by atoms with E-state index in [1.165, 1.54) is 29.9 Å². The zero-order valence-electron chi connectivity index (χ0n) is 22.7. The number of benzene rings is 1. The van der Waals surface area contributed by atoms with Crippen LogP contribution in [0.1, 0.15) is 18.4 Å². The molecule has 0 unspecified atom stereocenters. The highest BCUT2D eigenvalue weighted by Crippen LogP contribution is 2.35. The largest absolute Gasteiger partial charge is 0.439 e. The van der Waals surface area contributed by atoms with Crippen molar-refractivity contribution < 1.29 is 27.5 Å². The van der Waals surface area contributed by atoms with Gasteiger partial charge in [-0.25, -0.2) is 14.8 Å². The number of pyridine rings is 3. The molecule has 0 radical (unpaired) electrons. The van der Waals surface area contributed by atoms with E-state index in [2.05, 4.69) is 30.6 Å². The third kappa shape index (κ3) is 6.49. The number of aromatic nitrogens is 4. The van der Waals surface area contributed by atoms with Crippen LogP contribution in [0.3, 0.4) is 0 Å². The van der Waals surface area contributed by atoms with Crippen LogP contribution in [0.5, 0.6) is 11.6 Å². The van der Waals surface area contributed by atoms with Crippen LogP contribution < -0.4 is 20.3 Å². The van der Waals surface area contributed by atoms with Gasteiger partial charge in [0.15, 0.2) is 5.13 Å². The Bertz CT molecular complexity index is 1800. The molecule has 4 aromatic heterocycles. The van der Waals surface area contributed by atoms with E-state index in [0.717, 1.165) is 22.9 Å². The Kier molecular flexibility index (Phi) is 7.89. The van der Waals surface area contributed by atoms with E-state index in [0.29, 0.717) is 35.6 Å². The first kappa shape index (κ1) is 28.7. The Morgan fingerprint density at radius 2 is 1.70 bits per heavy atom. The van der Waals surface area contributed by atoms with E-state index in [1.807, 2.05) is 12.1 Å². The van der Waals surface area contributed by atoms with Crippen LogP contribution >= 0.6 is 11.3 Å². The molecule has 0 bridgehead atoms. The lowest BCUT2D eigenvalue weighted by molar-refractivity contribution is -0.137. The zero-order chi connectivity index (χ0) is 30.7. The summed E-state index contributed by atoms with van der Waals surface area (Å²) >= 11 is 1.45. The second-order valence-electron chi connectivity index (χ2n) is 9.60. The van der Waals surface area contributed by atoms with Crippen LogP contribution in [-0.2, 0) is 11.0 Å². The van der Waals surface area contributed by atoms with Gasteiger partial charge in [0.2, 0.25) is 11.8 Å². The number of carbonyl (C=O) groups is 2. The second kappa shape index (κ2) is 12.1. The summed E-state index contributed by atoms with van der Waals surface area (Å²) in [7, 11) is 0. The Balaban J connectivity index is 1.09. The maximum Gasteiger partial charge on any atom is 0.417 e. The molecule has 1 saturated heterocycles. The molecule has 14 heteroatoms. The van der Waals surface area contributed by atoms with Crippen LogP contribution in [0.2, 0.25) is 0 Å². The number of anilines is 3. The number of alkyl halides is 3. The average Bonchev–Trinajstić information content (AvgIpc) is 3.67. The number of carbonyl (C=O) groups excluding carboxylic acids is 2. The molecule has 3 amide bonds. The van der Waals surface area contributed by atoms with E-state index >= 15 is 0 Å². The molecule has 2 N–H and O–H groups in total. The van der Waals surface area contributed by atoms with E-state index < -0.39 is 17.8 Å². The zero-order valence-corrected chi connectivity index (χ0v) is 23.5. The van der Waals surface area contributed by atoms with Gasteiger partial charge in [-0.05, 0) is 60.5 Å². The SMILES string of the molecule is O=C(Nc1ccc(Oc2ccc(-c3cnc(N4CCCC4=O)s3)cc2)nc1)Nc1cc(C(F)(F)F)cnc1-c1ccncc1. The molecule has 0 atom stereocenters. The highest BCUT2D eigenvalue weighted by Gasteiger charge is 2.32. The summed E-state index contributed by atoms with van der Waals surface area (Å²) in [6, 6.07) is 13.6. The third-order valence-corrected chi connectivity index (χ3v) is 7.64. The van der Waals surface area contributed by atoms with Crippen molar-refractivity contribution in [2.75, 3.05) is 22.1 Å². The van der Waals surface area contributed by atoms with Crippen LogP contribution in [0, 0.1) is 0 Å².